The summed E-state index contributed by atoms with van der Waals surface area (Å²) < 4.78 is 0. The summed E-state index contributed by atoms with van der Waals surface area (Å²) >= 11 is 0. The number of aliphatic hydroxyl groups is 1. The van der Waals surface area contributed by atoms with Gasteiger partial charge in [0.05, 0.1) is 6.10 Å². The van der Waals surface area contributed by atoms with E-state index in [4.69, 9.17) is 0 Å². The lowest BCUT2D eigenvalue weighted by molar-refractivity contribution is 0.0718. The molecule has 0 radical (unpaired) electrons. The van der Waals surface area contributed by atoms with Crippen molar-refractivity contribution in [3.8, 4) is 0 Å². The second-order valence-electron chi connectivity index (χ2n) is 4.41. The third-order valence-electron chi connectivity index (χ3n) is 3.12. The summed E-state index contributed by atoms with van der Waals surface area (Å²) in [5, 5.41) is 13.1. The molecule has 0 spiro atoms. The Morgan fingerprint density at radius 3 is 2.85 bits per heavy atom. The monoisotopic (exact) mass is 185 g/mol. The van der Waals surface area contributed by atoms with E-state index in [9.17, 15) is 5.11 Å². The molecule has 0 amide bonds. The first-order chi connectivity index (χ1) is 6.24. The number of likely N-dealkylation sites (N-methyl/N-ethyl adjacent to an activating group) is 1. The molecule has 1 aliphatic carbocycles. The Morgan fingerprint density at radius 2 is 2.23 bits per heavy atom. The molecule has 2 N–H and O–H groups in total. The SMILES string of the molecule is CCNCC(O)C1CCCC(C)C1. The predicted molar refractivity (Wildman–Crippen MR) is 55.7 cm³/mol. The maximum atomic E-state index is 9.86. The molecule has 0 aromatic rings. The molecule has 1 saturated carbocycles. The molecule has 2 nitrogen and oxygen atoms in total. The van der Waals surface area contributed by atoms with Gasteiger partial charge in [0, 0.05) is 6.54 Å². The first-order valence-electron chi connectivity index (χ1n) is 5.62. The molecule has 3 atom stereocenters. The summed E-state index contributed by atoms with van der Waals surface area (Å²) in [6.07, 6.45) is 4.96. The van der Waals surface area contributed by atoms with Crippen molar-refractivity contribution in [2.75, 3.05) is 13.1 Å². The molecule has 78 valence electrons. The van der Waals surface area contributed by atoms with E-state index in [-0.39, 0.29) is 6.10 Å². The van der Waals surface area contributed by atoms with E-state index in [1.165, 1.54) is 25.7 Å². The van der Waals surface area contributed by atoms with Crippen LogP contribution in [0.25, 0.3) is 0 Å². The molecular formula is C11H23NO. The van der Waals surface area contributed by atoms with Crippen LogP contribution >= 0.6 is 0 Å². The van der Waals surface area contributed by atoms with Gasteiger partial charge in [-0.05, 0) is 31.2 Å². The summed E-state index contributed by atoms with van der Waals surface area (Å²) in [5.41, 5.74) is 0. The standard InChI is InChI=1S/C11H23NO/c1-3-12-8-11(13)10-6-4-5-9(2)7-10/h9-13H,3-8H2,1-2H3. The van der Waals surface area contributed by atoms with Gasteiger partial charge in [0.15, 0.2) is 0 Å². The maximum Gasteiger partial charge on any atom is 0.0692 e. The van der Waals surface area contributed by atoms with Crippen molar-refractivity contribution in [1.29, 1.82) is 0 Å². The quantitative estimate of drug-likeness (QED) is 0.700. The van der Waals surface area contributed by atoms with Gasteiger partial charge >= 0.3 is 0 Å². The van der Waals surface area contributed by atoms with Gasteiger partial charge in [-0.1, -0.05) is 26.7 Å². The van der Waals surface area contributed by atoms with Gasteiger partial charge in [-0.2, -0.15) is 0 Å². The Balaban J connectivity index is 2.24. The zero-order valence-corrected chi connectivity index (χ0v) is 8.92. The summed E-state index contributed by atoms with van der Waals surface area (Å²) in [6.45, 7) is 6.11. The lowest BCUT2D eigenvalue weighted by Gasteiger charge is -2.30. The fourth-order valence-electron chi connectivity index (χ4n) is 2.29. The number of rotatable bonds is 4. The third kappa shape index (κ3) is 3.65. The summed E-state index contributed by atoms with van der Waals surface area (Å²) in [4.78, 5) is 0. The Bertz CT molecular complexity index is 138. The molecule has 13 heavy (non-hydrogen) atoms. The first-order valence-corrected chi connectivity index (χ1v) is 5.62. The van der Waals surface area contributed by atoms with E-state index in [2.05, 4.69) is 19.2 Å². The van der Waals surface area contributed by atoms with E-state index < -0.39 is 0 Å². The molecule has 3 unspecified atom stereocenters. The number of hydrogen-bond donors (Lipinski definition) is 2. The normalized spacial score (nSPS) is 31.6. The minimum absolute atomic E-state index is 0.123. The van der Waals surface area contributed by atoms with Crippen molar-refractivity contribution >= 4 is 0 Å². The molecule has 0 bridgehead atoms. The molecule has 2 heteroatoms. The highest BCUT2D eigenvalue weighted by molar-refractivity contribution is 4.77. The van der Waals surface area contributed by atoms with Crippen LogP contribution in [-0.2, 0) is 0 Å². The van der Waals surface area contributed by atoms with Crippen LogP contribution in [0.15, 0.2) is 0 Å². The largest absolute Gasteiger partial charge is 0.392 e. The highest BCUT2D eigenvalue weighted by Gasteiger charge is 2.24. The molecule has 0 heterocycles. The summed E-state index contributed by atoms with van der Waals surface area (Å²) in [7, 11) is 0. The van der Waals surface area contributed by atoms with Gasteiger partial charge in [-0.25, -0.2) is 0 Å². The molecule has 0 saturated heterocycles. The highest BCUT2D eigenvalue weighted by Crippen LogP contribution is 2.30. The lowest BCUT2D eigenvalue weighted by Crippen LogP contribution is -2.35. The van der Waals surface area contributed by atoms with E-state index in [0.29, 0.717) is 5.92 Å². The molecule has 1 aliphatic rings. The number of nitrogens with one attached hydrogen (secondary N) is 1. The van der Waals surface area contributed by atoms with Gasteiger partial charge in [0.25, 0.3) is 0 Å². The summed E-state index contributed by atoms with van der Waals surface area (Å²) in [5.74, 6) is 1.36. The average Bonchev–Trinajstić information content (AvgIpc) is 2.14. The molecule has 1 rings (SSSR count). The zero-order chi connectivity index (χ0) is 9.68. The van der Waals surface area contributed by atoms with Gasteiger partial charge in [0.2, 0.25) is 0 Å². The Hall–Kier alpha value is -0.0800. The van der Waals surface area contributed by atoms with Crippen LogP contribution in [-0.4, -0.2) is 24.3 Å². The minimum Gasteiger partial charge on any atom is -0.392 e. The van der Waals surface area contributed by atoms with Crippen LogP contribution in [0, 0.1) is 11.8 Å². The van der Waals surface area contributed by atoms with Gasteiger partial charge < -0.3 is 10.4 Å². The van der Waals surface area contributed by atoms with Crippen molar-refractivity contribution in [2.24, 2.45) is 11.8 Å². The molecule has 0 aromatic heterocycles. The van der Waals surface area contributed by atoms with Gasteiger partial charge in [-0.15, -0.1) is 0 Å². The fourth-order valence-corrected chi connectivity index (χ4v) is 2.29. The molecular weight excluding hydrogens is 162 g/mol. The molecule has 0 aliphatic heterocycles. The van der Waals surface area contributed by atoms with E-state index in [1.807, 2.05) is 0 Å². The van der Waals surface area contributed by atoms with Crippen molar-refractivity contribution in [2.45, 2.75) is 45.6 Å². The second-order valence-corrected chi connectivity index (χ2v) is 4.41. The van der Waals surface area contributed by atoms with Crippen LogP contribution in [0.2, 0.25) is 0 Å². The lowest BCUT2D eigenvalue weighted by atomic mass is 9.79. The second kappa shape index (κ2) is 5.61. The average molecular weight is 185 g/mol. The smallest absolute Gasteiger partial charge is 0.0692 e. The van der Waals surface area contributed by atoms with Gasteiger partial charge in [0.1, 0.15) is 0 Å². The van der Waals surface area contributed by atoms with Crippen LogP contribution in [0.3, 0.4) is 0 Å². The van der Waals surface area contributed by atoms with Crippen LogP contribution in [0.1, 0.15) is 39.5 Å². The highest BCUT2D eigenvalue weighted by atomic mass is 16.3. The molecule has 0 aromatic carbocycles. The van der Waals surface area contributed by atoms with Crippen molar-refractivity contribution in [3.05, 3.63) is 0 Å². The Morgan fingerprint density at radius 1 is 1.46 bits per heavy atom. The third-order valence-corrected chi connectivity index (χ3v) is 3.12. The van der Waals surface area contributed by atoms with E-state index in [0.717, 1.165) is 19.0 Å². The molecule has 1 fully saturated rings. The minimum atomic E-state index is -0.123. The number of hydrogen-bond acceptors (Lipinski definition) is 2. The first kappa shape index (κ1) is 11.0. The Labute approximate surface area is 81.7 Å². The van der Waals surface area contributed by atoms with Crippen molar-refractivity contribution in [3.63, 3.8) is 0 Å². The summed E-state index contributed by atoms with van der Waals surface area (Å²) in [6, 6.07) is 0. The fraction of sp³-hybridized carbons (Fsp3) is 1.00. The van der Waals surface area contributed by atoms with Crippen LogP contribution in [0.5, 0.6) is 0 Å². The van der Waals surface area contributed by atoms with Gasteiger partial charge in [-0.3, -0.25) is 0 Å². The predicted octanol–water partition coefficient (Wildman–Crippen LogP) is 1.78. The van der Waals surface area contributed by atoms with Crippen molar-refractivity contribution in [1.82, 2.24) is 5.32 Å². The van der Waals surface area contributed by atoms with E-state index in [1.54, 1.807) is 0 Å². The number of aliphatic hydroxyl groups excluding tert-OH is 1. The maximum absolute atomic E-state index is 9.86. The van der Waals surface area contributed by atoms with E-state index >= 15 is 0 Å². The zero-order valence-electron chi connectivity index (χ0n) is 8.92. The van der Waals surface area contributed by atoms with Crippen molar-refractivity contribution < 1.29 is 5.11 Å². The topological polar surface area (TPSA) is 32.3 Å². The van der Waals surface area contributed by atoms with Crippen LogP contribution < -0.4 is 5.32 Å². The Kier molecular flexibility index (Phi) is 4.74. The van der Waals surface area contributed by atoms with Crippen LogP contribution in [0.4, 0.5) is 0 Å².